The van der Waals surface area contributed by atoms with Gasteiger partial charge in [0.1, 0.15) is 12.6 Å². The van der Waals surface area contributed by atoms with Crippen molar-refractivity contribution in [2.75, 3.05) is 13.1 Å². The van der Waals surface area contributed by atoms with Gasteiger partial charge >= 0.3 is 5.97 Å². The molecule has 27 heavy (non-hydrogen) atoms. The maximum Gasteiger partial charge on any atom is 0.322 e. The summed E-state index contributed by atoms with van der Waals surface area (Å²) in [6, 6.07) is -0.943. The van der Waals surface area contributed by atoms with Crippen LogP contribution in [0.1, 0.15) is 46.0 Å². The number of carboxylic acid groups (broad SMARTS) is 1. The molecule has 152 valence electrons. The first kappa shape index (κ1) is 22.6. The van der Waals surface area contributed by atoms with E-state index in [0.717, 1.165) is 19.4 Å². The number of carboxylic acids is 1. The second-order valence-electron chi connectivity index (χ2n) is 6.92. The topological polar surface area (TPSA) is 154 Å². The van der Waals surface area contributed by atoms with Crippen molar-refractivity contribution in [1.82, 2.24) is 21.3 Å². The minimum Gasteiger partial charge on any atom is -0.480 e. The van der Waals surface area contributed by atoms with Crippen molar-refractivity contribution in [2.45, 2.75) is 58.0 Å². The average Bonchev–Trinajstić information content (AvgIpc) is 3.23. The van der Waals surface area contributed by atoms with Crippen molar-refractivity contribution in [2.24, 2.45) is 5.92 Å². The standard InChI is InChI=1S/C13H23N3O4.C4H5NO2/c1-8(2)6-10(12(19)15-7-11(17)18)16-13(20)9-4-3-5-14-9;6-3-1-2-4(7)5-3/h8-10,14H,3-7H2,1-2H3,(H,15,19)(H,16,20)(H,17,18);1-2H2,(H,5,6,7)/t9-,10-;/m0./s1. The number of hydrogen-bond acceptors (Lipinski definition) is 6. The summed E-state index contributed by atoms with van der Waals surface area (Å²) in [6.45, 7) is 4.25. The molecule has 0 aromatic carbocycles. The third kappa shape index (κ3) is 9.13. The molecule has 0 unspecified atom stereocenters. The molecule has 5 N–H and O–H groups in total. The molecule has 0 aromatic heterocycles. The molecule has 0 bridgehead atoms. The Morgan fingerprint density at radius 3 is 2.22 bits per heavy atom. The molecular weight excluding hydrogens is 356 g/mol. The van der Waals surface area contributed by atoms with Gasteiger partial charge in [0.25, 0.3) is 0 Å². The van der Waals surface area contributed by atoms with Crippen LogP contribution in [-0.2, 0) is 24.0 Å². The van der Waals surface area contributed by atoms with Gasteiger partial charge in [-0.15, -0.1) is 0 Å². The smallest absolute Gasteiger partial charge is 0.322 e. The van der Waals surface area contributed by atoms with E-state index in [9.17, 15) is 24.0 Å². The molecule has 2 fully saturated rings. The van der Waals surface area contributed by atoms with Gasteiger partial charge in [0.2, 0.25) is 23.6 Å². The molecule has 10 heteroatoms. The van der Waals surface area contributed by atoms with Gasteiger partial charge in [-0.1, -0.05) is 13.8 Å². The van der Waals surface area contributed by atoms with Gasteiger partial charge in [0.15, 0.2) is 0 Å². The monoisotopic (exact) mass is 384 g/mol. The number of hydrogen-bond donors (Lipinski definition) is 5. The van der Waals surface area contributed by atoms with Crippen molar-refractivity contribution < 1.29 is 29.1 Å². The Morgan fingerprint density at radius 1 is 1.19 bits per heavy atom. The summed E-state index contributed by atoms with van der Waals surface area (Å²) in [5, 5.41) is 18.8. The van der Waals surface area contributed by atoms with E-state index in [4.69, 9.17) is 5.11 Å². The lowest BCUT2D eigenvalue weighted by Gasteiger charge is -2.21. The number of carbonyl (C=O) groups excluding carboxylic acids is 4. The fraction of sp³-hybridized carbons (Fsp3) is 0.706. The van der Waals surface area contributed by atoms with Crippen molar-refractivity contribution in [3.05, 3.63) is 0 Å². The van der Waals surface area contributed by atoms with Gasteiger partial charge < -0.3 is 21.1 Å². The van der Waals surface area contributed by atoms with E-state index in [1.54, 1.807) is 0 Å². The molecule has 0 aliphatic carbocycles. The SMILES string of the molecule is CC(C)C[C@H](NC(=O)[C@@H]1CCCN1)C(=O)NCC(=O)O.O=C1CCC(=O)N1. The summed E-state index contributed by atoms with van der Waals surface area (Å²) in [5.41, 5.74) is 0. The normalized spacial score (nSPS) is 19.7. The molecule has 2 aliphatic rings. The molecule has 2 aliphatic heterocycles. The minimum atomic E-state index is -1.11. The van der Waals surface area contributed by atoms with Crippen LogP contribution in [0.5, 0.6) is 0 Å². The Kier molecular flexibility index (Phi) is 9.41. The van der Waals surface area contributed by atoms with Crippen LogP contribution < -0.4 is 21.3 Å². The maximum absolute atomic E-state index is 12.0. The highest BCUT2D eigenvalue weighted by Crippen LogP contribution is 2.08. The number of rotatable bonds is 7. The fourth-order valence-electron chi connectivity index (χ4n) is 2.68. The lowest BCUT2D eigenvalue weighted by Crippen LogP contribution is -2.52. The molecule has 0 radical (unpaired) electrons. The number of carbonyl (C=O) groups is 5. The van der Waals surface area contributed by atoms with E-state index in [1.807, 2.05) is 13.8 Å². The quantitative estimate of drug-likeness (QED) is 0.349. The van der Waals surface area contributed by atoms with Crippen LogP contribution in [0, 0.1) is 5.92 Å². The van der Waals surface area contributed by atoms with E-state index in [-0.39, 0.29) is 29.7 Å². The van der Waals surface area contributed by atoms with E-state index in [1.165, 1.54) is 0 Å². The molecule has 0 spiro atoms. The zero-order valence-corrected chi connectivity index (χ0v) is 15.7. The van der Waals surface area contributed by atoms with Crippen LogP contribution in [-0.4, -0.2) is 59.9 Å². The Balaban J connectivity index is 0.000000433. The predicted octanol–water partition coefficient (Wildman–Crippen LogP) is -1.11. The third-order valence-corrected chi connectivity index (χ3v) is 3.99. The van der Waals surface area contributed by atoms with Crippen LogP contribution in [0.2, 0.25) is 0 Å². The molecule has 2 atom stereocenters. The first-order valence-electron chi connectivity index (χ1n) is 9.05. The van der Waals surface area contributed by atoms with Gasteiger partial charge in [0, 0.05) is 12.8 Å². The van der Waals surface area contributed by atoms with Crippen LogP contribution in [0.25, 0.3) is 0 Å². The first-order chi connectivity index (χ1) is 12.7. The maximum atomic E-state index is 12.0. The molecule has 10 nitrogen and oxygen atoms in total. The molecule has 2 rings (SSSR count). The summed E-state index contributed by atoms with van der Waals surface area (Å²) in [5.74, 6) is -1.83. The second kappa shape index (κ2) is 11.3. The van der Waals surface area contributed by atoms with Crippen molar-refractivity contribution in [3.8, 4) is 0 Å². The van der Waals surface area contributed by atoms with Gasteiger partial charge in [0.05, 0.1) is 6.04 Å². The Labute approximate surface area is 157 Å². The molecule has 0 aromatic rings. The van der Waals surface area contributed by atoms with Gasteiger partial charge in [-0.3, -0.25) is 29.3 Å². The predicted molar refractivity (Wildman–Crippen MR) is 95.4 cm³/mol. The van der Waals surface area contributed by atoms with Crippen molar-refractivity contribution >= 4 is 29.6 Å². The second-order valence-corrected chi connectivity index (χ2v) is 6.92. The molecular formula is C17H28N4O6. The van der Waals surface area contributed by atoms with Crippen molar-refractivity contribution in [3.63, 3.8) is 0 Å². The minimum absolute atomic E-state index is 0.148. The van der Waals surface area contributed by atoms with Gasteiger partial charge in [-0.2, -0.15) is 0 Å². The largest absolute Gasteiger partial charge is 0.480 e. The molecule has 2 heterocycles. The lowest BCUT2D eigenvalue weighted by molar-refractivity contribution is -0.138. The summed E-state index contributed by atoms with van der Waals surface area (Å²) < 4.78 is 0. The zero-order valence-electron chi connectivity index (χ0n) is 15.7. The average molecular weight is 384 g/mol. The van der Waals surface area contributed by atoms with Crippen LogP contribution in [0.4, 0.5) is 0 Å². The molecule has 2 saturated heterocycles. The lowest BCUT2D eigenvalue weighted by atomic mass is 10.0. The summed E-state index contributed by atoms with van der Waals surface area (Å²) in [4.78, 5) is 54.6. The highest BCUT2D eigenvalue weighted by Gasteiger charge is 2.27. The highest BCUT2D eigenvalue weighted by atomic mass is 16.4. The van der Waals surface area contributed by atoms with Crippen LogP contribution >= 0.6 is 0 Å². The van der Waals surface area contributed by atoms with Crippen molar-refractivity contribution in [1.29, 1.82) is 0 Å². The van der Waals surface area contributed by atoms with Crippen LogP contribution in [0.3, 0.4) is 0 Å². The van der Waals surface area contributed by atoms with Gasteiger partial charge in [-0.25, -0.2) is 0 Å². The molecule has 0 saturated carbocycles. The van der Waals surface area contributed by atoms with E-state index in [2.05, 4.69) is 21.3 Å². The number of imide groups is 1. The highest BCUT2D eigenvalue weighted by molar-refractivity contribution is 6.01. The third-order valence-electron chi connectivity index (χ3n) is 3.99. The number of aliphatic carboxylic acids is 1. The van der Waals surface area contributed by atoms with Crippen LogP contribution in [0.15, 0.2) is 0 Å². The zero-order chi connectivity index (χ0) is 20.4. The summed E-state index contributed by atoms with van der Waals surface area (Å²) >= 11 is 0. The number of amides is 4. The van der Waals surface area contributed by atoms with Gasteiger partial charge in [-0.05, 0) is 31.7 Å². The Morgan fingerprint density at radius 2 is 1.81 bits per heavy atom. The first-order valence-corrected chi connectivity index (χ1v) is 9.05. The molecule has 4 amide bonds. The Hall–Kier alpha value is -2.49. The Bertz CT molecular complexity index is 558. The fourth-order valence-corrected chi connectivity index (χ4v) is 2.68. The summed E-state index contributed by atoms with van der Waals surface area (Å²) in [6.07, 6.45) is 2.93. The van der Waals surface area contributed by atoms with E-state index in [0.29, 0.717) is 19.3 Å². The number of nitrogens with one attached hydrogen (secondary N) is 4. The summed E-state index contributed by atoms with van der Waals surface area (Å²) in [7, 11) is 0. The van der Waals surface area contributed by atoms with E-state index >= 15 is 0 Å². The van der Waals surface area contributed by atoms with E-state index < -0.39 is 24.5 Å².